The smallest absolute Gasteiger partial charge is 0.351 e. The standard InChI is InChI=1S/C14H17NO3/c1-13(2,3)18-14(10-15,12(16)17)9-11-7-5-4-6-8-11/h4-8H,9H2,1-3H3,(H,16,17). The summed E-state index contributed by atoms with van der Waals surface area (Å²) in [6.45, 7) is 5.19. The van der Waals surface area contributed by atoms with Crippen LogP contribution in [0.5, 0.6) is 0 Å². The van der Waals surface area contributed by atoms with Crippen molar-refractivity contribution < 1.29 is 14.6 Å². The summed E-state index contributed by atoms with van der Waals surface area (Å²) in [6, 6.07) is 10.8. The van der Waals surface area contributed by atoms with Gasteiger partial charge in [0.05, 0.1) is 5.60 Å². The van der Waals surface area contributed by atoms with Gasteiger partial charge in [-0.15, -0.1) is 0 Å². The first kappa shape index (κ1) is 14.2. The highest BCUT2D eigenvalue weighted by molar-refractivity contribution is 5.81. The fraction of sp³-hybridized carbons (Fsp3) is 0.429. The molecule has 18 heavy (non-hydrogen) atoms. The molecule has 0 amide bonds. The summed E-state index contributed by atoms with van der Waals surface area (Å²) >= 11 is 0. The number of rotatable bonds is 4. The number of hydrogen-bond donors (Lipinski definition) is 1. The van der Waals surface area contributed by atoms with E-state index in [2.05, 4.69) is 0 Å². The van der Waals surface area contributed by atoms with Gasteiger partial charge in [-0.05, 0) is 26.3 Å². The molecule has 1 unspecified atom stereocenters. The molecule has 4 heteroatoms. The van der Waals surface area contributed by atoms with Crippen LogP contribution in [0.2, 0.25) is 0 Å². The van der Waals surface area contributed by atoms with E-state index < -0.39 is 17.2 Å². The second-order valence-electron chi connectivity index (χ2n) is 5.12. The first-order valence-corrected chi connectivity index (χ1v) is 5.68. The third kappa shape index (κ3) is 3.57. The highest BCUT2D eigenvalue weighted by Gasteiger charge is 2.43. The molecule has 0 saturated carbocycles. The van der Waals surface area contributed by atoms with Crippen LogP contribution in [0.25, 0.3) is 0 Å². The molecule has 0 heterocycles. The first-order chi connectivity index (χ1) is 8.29. The monoisotopic (exact) mass is 247 g/mol. The topological polar surface area (TPSA) is 70.3 Å². The van der Waals surface area contributed by atoms with Gasteiger partial charge in [0.25, 0.3) is 5.60 Å². The normalized spacial score (nSPS) is 14.6. The maximum Gasteiger partial charge on any atom is 0.351 e. The minimum Gasteiger partial charge on any atom is -0.478 e. The molecule has 0 aliphatic heterocycles. The predicted molar refractivity (Wildman–Crippen MR) is 67.0 cm³/mol. The van der Waals surface area contributed by atoms with Gasteiger partial charge in [-0.2, -0.15) is 5.26 Å². The van der Waals surface area contributed by atoms with E-state index in [9.17, 15) is 15.2 Å². The molecule has 0 aromatic heterocycles. The van der Waals surface area contributed by atoms with E-state index in [0.717, 1.165) is 5.56 Å². The zero-order chi connectivity index (χ0) is 13.8. The molecule has 96 valence electrons. The Kier molecular flexibility index (Phi) is 4.10. The molecule has 1 aromatic rings. The van der Waals surface area contributed by atoms with Crippen molar-refractivity contribution in [2.45, 2.75) is 38.4 Å². The van der Waals surface area contributed by atoms with Gasteiger partial charge in [0.1, 0.15) is 6.07 Å². The molecule has 1 rings (SSSR count). The minimum absolute atomic E-state index is 0.0247. The van der Waals surface area contributed by atoms with Crippen LogP contribution >= 0.6 is 0 Å². The Morgan fingerprint density at radius 1 is 1.33 bits per heavy atom. The summed E-state index contributed by atoms with van der Waals surface area (Å²) in [5.74, 6) is -1.26. The zero-order valence-electron chi connectivity index (χ0n) is 10.8. The number of nitrogens with zero attached hydrogens (tertiary/aromatic N) is 1. The number of carboxylic acid groups (broad SMARTS) is 1. The van der Waals surface area contributed by atoms with Crippen LogP contribution in [-0.2, 0) is 16.0 Å². The van der Waals surface area contributed by atoms with Crippen molar-refractivity contribution in [3.05, 3.63) is 35.9 Å². The maximum absolute atomic E-state index is 11.4. The van der Waals surface area contributed by atoms with Gasteiger partial charge in [0.2, 0.25) is 0 Å². The van der Waals surface area contributed by atoms with Crippen molar-refractivity contribution in [1.82, 2.24) is 0 Å². The Bertz CT molecular complexity index is 456. The third-order valence-electron chi connectivity index (χ3n) is 2.30. The Hall–Kier alpha value is -1.86. The molecule has 0 aliphatic rings. The molecule has 1 aromatic carbocycles. The second kappa shape index (κ2) is 5.19. The van der Waals surface area contributed by atoms with Crippen LogP contribution < -0.4 is 0 Å². The van der Waals surface area contributed by atoms with Crippen LogP contribution in [0.1, 0.15) is 26.3 Å². The molecule has 4 nitrogen and oxygen atoms in total. The molecule has 0 saturated heterocycles. The van der Waals surface area contributed by atoms with E-state index in [4.69, 9.17) is 4.74 Å². The van der Waals surface area contributed by atoms with Gasteiger partial charge in [-0.25, -0.2) is 4.79 Å². The van der Waals surface area contributed by atoms with Crippen LogP contribution in [-0.4, -0.2) is 22.3 Å². The zero-order valence-corrected chi connectivity index (χ0v) is 10.8. The van der Waals surface area contributed by atoms with Gasteiger partial charge in [0.15, 0.2) is 0 Å². The van der Waals surface area contributed by atoms with Crippen molar-refractivity contribution >= 4 is 5.97 Å². The molecule has 0 fully saturated rings. The van der Waals surface area contributed by atoms with Crippen molar-refractivity contribution in [2.24, 2.45) is 0 Å². The van der Waals surface area contributed by atoms with Gasteiger partial charge in [-0.1, -0.05) is 30.3 Å². The van der Waals surface area contributed by atoms with E-state index >= 15 is 0 Å². The maximum atomic E-state index is 11.4. The van der Waals surface area contributed by atoms with Crippen LogP contribution in [0.4, 0.5) is 0 Å². The first-order valence-electron chi connectivity index (χ1n) is 5.68. The van der Waals surface area contributed by atoms with Crippen molar-refractivity contribution in [2.75, 3.05) is 0 Å². The van der Waals surface area contributed by atoms with Crippen LogP contribution in [0, 0.1) is 11.3 Å². The van der Waals surface area contributed by atoms with Gasteiger partial charge in [0, 0.05) is 6.42 Å². The lowest BCUT2D eigenvalue weighted by Gasteiger charge is -2.31. The number of aliphatic carboxylic acids is 1. The fourth-order valence-electron chi connectivity index (χ4n) is 1.67. The van der Waals surface area contributed by atoms with Gasteiger partial charge >= 0.3 is 5.97 Å². The molecular formula is C14H17NO3. The summed E-state index contributed by atoms with van der Waals surface area (Å²) < 4.78 is 5.48. The van der Waals surface area contributed by atoms with Crippen molar-refractivity contribution in [3.8, 4) is 6.07 Å². The van der Waals surface area contributed by atoms with Gasteiger partial charge < -0.3 is 9.84 Å². The molecule has 0 radical (unpaired) electrons. The Morgan fingerprint density at radius 3 is 2.28 bits per heavy atom. The number of benzene rings is 1. The van der Waals surface area contributed by atoms with Crippen LogP contribution in [0.15, 0.2) is 30.3 Å². The molecule has 0 bridgehead atoms. The highest BCUT2D eigenvalue weighted by Crippen LogP contribution is 2.24. The Morgan fingerprint density at radius 2 is 1.89 bits per heavy atom. The average Bonchev–Trinajstić information content (AvgIpc) is 2.27. The molecule has 1 atom stereocenters. The quantitative estimate of drug-likeness (QED) is 0.886. The van der Waals surface area contributed by atoms with E-state index in [1.54, 1.807) is 51.1 Å². The fourth-order valence-corrected chi connectivity index (χ4v) is 1.67. The number of ether oxygens (including phenoxy) is 1. The lowest BCUT2D eigenvalue weighted by atomic mass is 9.94. The molecule has 0 aliphatic carbocycles. The lowest BCUT2D eigenvalue weighted by molar-refractivity contribution is -0.172. The summed E-state index contributed by atoms with van der Waals surface area (Å²) in [4.78, 5) is 11.4. The van der Waals surface area contributed by atoms with E-state index in [1.165, 1.54) is 0 Å². The second-order valence-corrected chi connectivity index (χ2v) is 5.12. The van der Waals surface area contributed by atoms with Crippen molar-refractivity contribution in [3.63, 3.8) is 0 Å². The van der Waals surface area contributed by atoms with E-state index in [-0.39, 0.29) is 6.42 Å². The summed E-state index contributed by atoms with van der Waals surface area (Å²) in [5, 5.41) is 18.5. The number of hydrogen-bond acceptors (Lipinski definition) is 3. The van der Waals surface area contributed by atoms with Gasteiger partial charge in [-0.3, -0.25) is 0 Å². The largest absolute Gasteiger partial charge is 0.478 e. The minimum atomic E-state index is -1.85. The highest BCUT2D eigenvalue weighted by atomic mass is 16.5. The Balaban J connectivity index is 3.06. The number of nitriles is 1. The Labute approximate surface area is 107 Å². The summed E-state index contributed by atoms with van der Waals surface area (Å²) in [7, 11) is 0. The van der Waals surface area contributed by atoms with Crippen molar-refractivity contribution in [1.29, 1.82) is 5.26 Å². The SMILES string of the molecule is CC(C)(C)OC(C#N)(Cc1ccccc1)C(=O)O. The number of carbonyl (C=O) groups is 1. The molecular weight excluding hydrogens is 230 g/mol. The molecule has 0 spiro atoms. The average molecular weight is 247 g/mol. The summed E-state index contributed by atoms with van der Waals surface area (Å²) in [6.07, 6.45) is 0.0247. The molecule has 1 N–H and O–H groups in total. The predicted octanol–water partition coefficient (Wildman–Crippen LogP) is 2.39. The van der Waals surface area contributed by atoms with E-state index in [0.29, 0.717) is 0 Å². The lowest BCUT2D eigenvalue weighted by Crippen LogP contribution is -2.47. The van der Waals surface area contributed by atoms with E-state index in [1.807, 2.05) is 6.07 Å². The summed E-state index contributed by atoms with van der Waals surface area (Å²) in [5.41, 5.74) is -1.80. The number of carboxylic acids is 1. The van der Waals surface area contributed by atoms with Crippen LogP contribution in [0.3, 0.4) is 0 Å². The third-order valence-corrected chi connectivity index (χ3v) is 2.30.